The minimum atomic E-state index is -0.536. The number of hydrogen-bond donors (Lipinski definition) is 0. The van der Waals surface area contributed by atoms with E-state index >= 15 is 0 Å². The van der Waals surface area contributed by atoms with Gasteiger partial charge in [-0.1, -0.05) is 18.2 Å². The Morgan fingerprint density at radius 1 is 0.938 bits per heavy atom. The minimum Gasteiger partial charge on any atom is -0.311 e. The maximum absolute atomic E-state index is 13.4. The predicted molar refractivity (Wildman–Crippen MR) is 121 cm³/mol. The van der Waals surface area contributed by atoms with Crippen molar-refractivity contribution in [1.29, 1.82) is 0 Å². The molecule has 4 aromatic rings. The van der Waals surface area contributed by atoms with E-state index in [9.17, 15) is 14.4 Å². The van der Waals surface area contributed by atoms with Gasteiger partial charge in [0.05, 0.1) is 12.1 Å². The summed E-state index contributed by atoms with van der Waals surface area (Å²) in [7, 11) is 0. The lowest BCUT2D eigenvalue weighted by atomic mass is 10.0. The van der Waals surface area contributed by atoms with Crippen molar-refractivity contribution in [2.45, 2.75) is 25.9 Å². The second-order valence-corrected chi connectivity index (χ2v) is 7.76. The van der Waals surface area contributed by atoms with Crippen molar-refractivity contribution in [3.8, 4) is 0 Å². The fourth-order valence-corrected chi connectivity index (χ4v) is 4.22. The molecule has 8 nitrogen and oxygen atoms in total. The van der Waals surface area contributed by atoms with Crippen molar-refractivity contribution in [2.24, 2.45) is 0 Å². The predicted octanol–water partition coefficient (Wildman–Crippen LogP) is 1.98. The highest BCUT2D eigenvalue weighted by Gasteiger charge is 2.24. The van der Waals surface area contributed by atoms with Crippen LogP contribution in [-0.4, -0.2) is 31.6 Å². The van der Waals surface area contributed by atoms with Gasteiger partial charge in [-0.3, -0.25) is 23.7 Å². The molecule has 8 heteroatoms. The Bertz CT molecular complexity index is 1430. The van der Waals surface area contributed by atoms with E-state index in [4.69, 9.17) is 0 Å². The van der Waals surface area contributed by atoms with Crippen LogP contribution in [-0.2, 0) is 24.3 Å². The number of carbonyl (C=O) groups excluding carboxylic acids is 1. The van der Waals surface area contributed by atoms with Gasteiger partial charge in [-0.25, -0.2) is 9.78 Å². The lowest BCUT2D eigenvalue weighted by Gasteiger charge is -2.29. The van der Waals surface area contributed by atoms with E-state index in [-0.39, 0.29) is 24.5 Å². The van der Waals surface area contributed by atoms with Crippen LogP contribution in [0.3, 0.4) is 0 Å². The maximum Gasteiger partial charge on any atom is 0.332 e. The monoisotopic (exact) mass is 427 g/mol. The molecule has 0 spiro atoms. The number of benzene rings is 1. The molecule has 0 atom stereocenters. The molecule has 0 aliphatic carbocycles. The largest absolute Gasteiger partial charge is 0.332 e. The summed E-state index contributed by atoms with van der Waals surface area (Å²) in [6, 6.07) is 14.6. The Kier molecular flexibility index (Phi) is 5.10. The number of anilines is 1. The molecule has 0 fully saturated rings. The van der Waals surface area contributed by atoms with E-state index in [2.05, 4.69) is 9.97 Å². The van der Waals surface area contributed by atoms with Crippen molar-refractivity contribution in [3.05, 3.63) is 99.1 Å². The lowest BCUT2D eigenvalue weighted by molar-refractivity contribution is -0.119. The van der Waals surface area contributed by atoms with Crippen LogP contribution in [0.5, 0.6) is 0 Å². The Labute approximate surface area is 183 Å². The third-order valence-corrected chi connectivity index (χ3v) is 5.78. The van der Waals surface area contributed by atoms with Gasteiger partial charge < -0.3 is 4.90 Å². The molecule has 32 heavy (non-hydrogen) atoms. The van der Waals surface area contributed by atoms with E-state index in [0.29, 0.717) is 12.1 Å². The standard InChI is InChI=1S/C24H21N5O3/c30-21(27-14-4-6-18-5-1-2-7-19(18)27)16-28-20-8-3-11-26-22(20)23(31)29(24(28)32)15-17-9-12-25-13-10-17/h1-3,5,7-13H,4,6,14-16H2. The molecule has 0 saturated carbocycles. The molecule has 1 aliphatic heterocycles. The van der Waals surface area contributed by atoms with Crippen LogP contribution in [0.15, 0.2) is 76.7 Å². The highest BCUT2D eigenvalue weighted by atomic mass is 16.2. The highest BCUT2D eigenvalue weighted by Crippen LogP contribution is 2.27. The van der Waals surface area contributed by atoms with Crippen LogP contribution in [0.1, 0.15) is 17.5 Å². The molecular weight excluding hydrogens is 406 g/mol. The minimum absolute atomic E-state index is 0.0768. The molecule has 5 rings (SSSR count). The molecule has 0 N–H and O–H groups in total. The van der Waals surface area contributed by atoms with Gasteiger partial charge in [0.15, 0.2) is 5.52 Å². The van der Waals surface area contributed by atoms with Crippen molar-refractivity contribution in [1.82, 2.24) is 19.1 Å². The van der Waals surface area contributed by atoms with Crippen LogP contribution in [0.25, 0.3) is 11.0 Å². The second kappa shape index (κ2) is 8.22. The maximum atomic E-state index is 13.4. The number of hydrogen-bond acceptors (Lipinski definition) is 5. The van der Waals surface area contributed by atoms with E-state index in [1.807, 2.05) is 24.3 Å². The van der Waals surface area contributed by atoms with Crippen LogP contribution >= 0.6 is 0 Å². The number of para-hydroxylation sites is 1. The zero-order valence-corrected chi connectivity index (χ0v) is 17.3. The van der Waals surface area contributed by atoms with Gasteiger partial charge >= 0.3 is 5.69 Å². The van der Waals surface area contributed by atoms with Crippen LogP contribution in [0.4, 0.5) is 5.69 Å². The quantitative estimate of drug-likeness (QED) is 0.497. The summed E-state index contributed by atoms with van der Waals surface area (Å²) in [5, 5.41) is 0. The lowest BCUT2D eigenvalue weighted by Crippen LogP contribution is -2.44. The van der Waals surface area contributed by atoms with E-state index < -0.39 is 11.2 Å². The summed E-state index contributed by atoms with van der Waals surface area (Å²) in [5.74, 6) is -0.196. The zero-order valence-electron chi connectivity index (χ0n) is 17.3. The molecule has 160 valence electrons. The fourth-order valence-electron chi connectivity index (χ4n) is 4.22. The van der Waals surface area contributed by atoms with Crippen molar-refractivity contribution < 1.29 is 4.79 Å². The summed E-state index contributed by atoms with van der Waals surface area (Å²) in [6.45, 7) is 0.497. The zero-order chi connectivity index (χ0) is 22.1. The second-order valence-electron chi connectivity index (χ2n) is 7.76. The number of fused-ring (bicyclic) bond motifs is 2. The average molecular weight is 427 g/mol. The van der Waals surface area contributed by atoms with Gasteiger partial charge in [0, 0.05) is 30.8 Å². The smallest absolute Gasteiger partial charge is 0.311 e. The number of rotatable bonds is 4. The van der Waals surface area contributed by atoms with Gasteiger partial charge in [-0.15, -0.1) is 0 Å². The van der Waals surface area contributed by atoms with Gasteiger partial charge in [-0.2, -0.15) is 0 Å². The van der Waals surface area contributed by atoms with Crippen LogP contribution < -0.4 is 16.1 Å². The molecule has 0 saturated heterocycles. The molecule has 0 radical (unpaired) electrons. The van der Waals surface area contributed by atoms with Gasteiger partial charge in [0.25, 0.3) is 5.56 Å². The number of aromatic nitrogens is 4. The first-order valence-corrected chi connectivity index (χ1v) is 10.5. The molecular formula is C24H21N5O3. The SMILES string of the molecule is O=C(Cn1c(=O)n(Cc2ccncc2)c(=O)c2ncccc21)N1CCCc2ccccc21. The Morgan fingerprint density at radius 2 is 1.75 bits per heavy atom. The van der Waals surface area contributed by atoms with Crippen LogP contribution in [0, 0.1) is 0 Å². The summed E-state index contributed by atoms with van der Waals surface area (Å²) < 4.78 is 2.48. The molecule has 4 heterocycles. The van der Waals surface area contributed by atoms with E-state index in [0.717, 1.165) is 34.2 Å². The number of carbonyl (C=O) groups is 1. The first-order chi connectivity index (χ1) is 15.6. The molecule has 0 bridgehead atoms. The molecule has 1 aromatic carbocycles. The summed E-state index contributed by atoms with van der Waals surface area (Å²) in [4.78, 5) is 49.7. The molecule has 1 amide bonds. The topological polar surface area (TPSA) is 90.1 Å². The third kappa shape index (κ3) is 3.49. The normalized spacial score (nSPS) is 13.2. The third-order valence-electron chi connectivity index (χ3n) is 5.78. The van der Waals surface area contributed by atoms with E-state index in [1.165, 1.54) is 10.8 Å². The van der Waals surface area contributed by atoms with Crippen LogP contribution in [0.2, 0.25) is 0 Å². The Morgan fingerprint density at radius 3 is 2.59 bits per heavy atom. The molecule has 3 aromatic heterocycles. The van der Waals surface area contributed by atoms with Crippen molar-refractivity contribution in [3.63, 3.8) is 0 Å². The van der Waals surface area contributed by atoms with Gasteiger partial charge in [-0.05, 0) is 54.3 Å². The van der Waals surface area contributed by atoms with Crippen molar-refractivity contribution in [2.75, 3.05) is 11.4 Å². The van der Waals surface area contributed by atoms with Gasteiger partial charge in [0.1, 0.15) is 6.54 Å². The number of amides is 1. The summed E-state index contributed by atoms with van der Waals surface area (Å²) in [6.07, 6.45) is 6.51. The highest BCUT2D eigenvalue weighted by molar-refractivity contribution is 5.95. The Balaban J connectivity index is 1.59. The summed E-state index contributed by atoms with van der Waals surface area (Å²) >= 11 is 0. The molecule has 1 aliphatic rings. The number of pyridine rings is 2. The number of aryl methyl sites for hydroxylation is 1. The summed E-state index contributed by atoms with van der Waals surface area (Å²) in [5.41, 5.74) is 2.26. The first kappa shape index (κ1) is 19.9. The average Bonchev–Trinajstić information content (AvgIpc) is 2.84. The molecule has 0 unspecified atom stereocenters. The van der Waals surface area contributed by atoms with Crippen molar-refractivity contribution >= 4 is 22.6 Å². The van der Waals surface area contributed by atoms with E-state index in [1.54, 1.807) is 41.6 Å². The Hall–Kier alpha value is -4.07. The first-order valence-electron chi connectivity index (χ1n) is 10.5. The fraction of sp³-hybridized carbons (Fsp3) is 0.208. The van der Waals surface area contributed by atoms with Gasteiger partial charge in [0.2, 0.25) is 5.91 Å². The number of nitrogens with zero attached hydrogens (tertiary/aromatic N) is 5.